The maximum absolute atomic E-state index is 11.7. The molecule has 0 aliphatic rings. The van der Waals surface area contributed by atoms with Gasteiger partial charge in [-0.1, -0.05) is 31.7 Å². The SMILES string of the molecule is C=C(C(=O)OCC)C(CC)c1ccccc1[N+](=O)[O-]. The van der Waals surface area contributed by atoms with E-state index < -0.39 is 16.8 Å². The summed E-state index contributed by atoms with van der Waals surface area (Å²) in [7, 11) is 0. The summed E-state index contributed by atoms with van der Waals surface area (Å²) < 4.78 is 4.90. The first-order valence-electron chi connectivity index (χ1n) is 6.12. The summed E-state index contributed by atoms with van der Waals surface area (Å²) in [4.78, 5) is 22.3. The van der Waals surface area contributed by atoms with Crippen molar-refractivity contribution >= 4 is 11.7 Å². The van der Waals surface area contributed by atoms with Gasteiger partial charge in [0, 0.05) is 23.1 Å². The minimum absolute atomic E-state index is 0.000187. The number of nitro groups is 1. The minimum Gasteiger partial charge on any atom is -0.463 e. The van der Waals surface area contributed by atoms with Crippen LogP contribution in [-0.2, 0) is 9.53 Å². The molecule has 1 atom stereocenters. The third-order valence-corrected chi connectivity index (χ3v) is 2.88. The number of benzene rings is 1. The van der Waals surface area contributed by atoms with E-state index in [2.05, 4.69) is 6.58 Å². The molecule has 0 fully saturated rings. The first-order chi connectivity index (χ1) is 9.02. The Bertz CT molecular complexity index is 496. The van der Waals surface area contributed by atoms with Crippen LogP contribution in [0.3, 0.4) is 0 Å². The zero-order valence-electron chi connectivity index (χ0n) is 11.1. The number of rotatable bonds is 6. The van der Waals surface area contributed by atoms with Crippen LogP contribution in [0.25, 0.3) is 0 Å². The first-order valence-corrected chi connectivity index (χ1v) is 6.12. The summed E-state index contributed by atoms with van der Waals surface area (Å²) in [6, 6.07) is 6.39. The highest BCUT2D eigenvalue weighted by atomic mass is 16.6. The topological polar surface area (TPSA) is 69.4 Å². The number of nitrogens with zero attached hydrogens (tertiary/aromatic N) is 1. The number of hydrogen-bond acceptors (Lipinski definition) is 4. The Morgan fingerprint density at radius 3 is 2.58 bits per heavy atom. The van der Waals surface area contributed by atoms with Crippen LogP contribution < -0.4 is 0 Å². The normalized spacial score (nSPS) is 11.7. The predicted octanol–water partition coefficient (Wildman–Crippen LogP) is 3.21. The van der Waals surface area contributed by atoms with Crippen LogP contribution in [0, 0.1) is 10.1 Å². The van der Waals surface area contributed by atoms with E-state index in [9.17, 15) is 14.9 Å². The first kappa shape index (κ1) is 14.9. The molecule has 102 valence electrons. The van der Waals surface area contributed by atoms with Gasteiger partial charge in [-0.05, 0) is 13.3 Å². The van der Waals surface area contributed by atoms with Crippen LogP contribution in [0.1, 0.15) is 31.7 Å². The fraction of sp³-hybridized carbons (Fsp3) is 0.357. The molecule has 1 aromatic rings. The van der Waals surface area contributed by atoms with E-state index in [1.54, 1.807) is 25.1 Å². The van der Waals surface area contributed by atoms with Crippen molar-refractivity contribution in [1.82, 2.24) is 0 Å². The van der Waals surface area contributed by atoms with Crippen molar-refractivity contribution in [3.05, 3.63) is 52.1 Å². The molecule has 0 heterocycles. The predicted molar refractivity (Wildman–Crippen MR) is 71.9 cm³/mol. The summed E-state index contributed by atoms with van der Waals surface area (Å²) in [5, 5.41) is 11.0. The summed E-state index contributed by atoms with van der Waals surface area (Å²) in [5.74, 6) is -0.909. The fourth-order valence-corrected chi connectivity index (χ4v) is 1.97. The average molecular weight is 263 g/mol. The van der Waals surface area contributed by atoms with Gasteiger partial charge >= 0.3 is 5.97 Å². The van der Waals surface area contributed by atoms with Gasteiger partial charge in [0.15, 0.2) is 0 Å². The summed E-state index contributed by atoms with van der Waals surface area (Å²) in [6.07, 6.45) is 0.544. The molecule has 0 saturated carbocycles. The van der Waals surface area contributed by atoms with Crippen molar-refractivity contribution in [1.29, 1.82) is 0 Å². The van der Waals surface area contributed by atoms with Gasteiger partial charge in [-0.25, -0.2) is 4.79 Å². The highest BCUT2D eigenvalue weighted by molar-refractivity contribution is 5.89. The van der Waals surface area contributed by atoms with E-state index in [4.69, 9.17) is 4.74 Å². The van der Waals surface area contributed by atoms with E-state index in [-0.39, 0.29) is 17.9 Å². The Balaban J connectivity index is 3.14. The van der Waals surface area contributed by atoms with Gasteiger partial charge in [0.2, 0.25) is 0 Å². The number of carbonyl (C=O) groups excluding carboxylic acids is 1. The van der Waals surface area contributed by atoms with E-state index in [0.717, 1.165) is 0 Å². The van der Waals surface area contributed by atoms with Gasteiger partial charge < -0.3 is 4.74 Å². The second-order valence-corrected chi connectivity index (χ2v) is 4.02. The molecule has 0 bridgehead atoms. The van der Waals surface area contributed by atoms with E-state index in [1.807, 2.05) is 6.92 Å². The molecule has 0 spiro atoms. The van der Waals surface area contributed by atoms with Crippen LogP contribution >= 0.6 is 0 Å². The molecule has 0 saturated heterocycles. The third-order valence-electron chi connectivity index (χ3n) is 2.88. The largest absolute Gasteiger partial charge is 0.463 e. The molecular formula is C14H17NO4. The van der Waals surface area contributed by atoms with Crippen LogP contribution in [-0.4, -0.2) is 17.5 Å². The number of hydrogen-bond donors (Lipinski definition) is 0. The van der Waals surface area contributed by atoms with E-state index in [0.29, 0.717) is 12.0 Å². The molecular weight excluding hydrogens is 246 g/mol. The van der Waals surface area contributed by atoms with Crippen molar-refractivity contribution in [3.8, 4) is 0 Å². The Morgan fingerprint density at radius 2 is 2.05 bits per heavy atom. The minimum atomic E-state index is -0.507. The standard InChI is InChI=1S/C14H17NO4/c1-4-11(10(3)14(16)19-5-2)12-8-6-7-9-13(12)15(17)18/h6-9,11H,3-5H2,1-2H3. The second kappa shape index (κ2) is 6.68. The molecule has 19 heavy (non-hydrogen) atoms. The summed E-state index contributed by atoms with van der Waals surface area (Å²) in [5.41, 5.74) is 0.742. The zero-order valence-corrected chi connectivity index (χ0v) is 11.1. The van der Waals surface area contributed by atoms with Crippen LogP contribution in [0.5, 0.6) is 0 Å². The number of para-hydroxylation sites is 1. The van der Waals surface area contributed by atoms with Crippen molar-refractivity contribution in [2.24, 2.45) is 0 Å². The number of nitro benzene ring substituents is 1. The molecule has 1 unspecified atom stereocenters. The zero-order chi connectivity index (χ0) is 14.4. The molecule has 0 aromatic heterocycles. The maximum Gasteiger partial charge on any atom is 0.334 e. The van der Waals surface area contributed by atoms with Crippen molar-refractivity contribution < 1.29 is 14.5 Å². The summed E-state index contributed by atoms with van der Waals surface area (Å²) in [6.45, 7) is 7.54. The van der Waals surface area contributed by atoms with Gasteiger partial charge in [-0.15, -0.1) is 0 Å². The Labute approximate surface area is 112 Å². The highest BCUT2D eigenvalue weighted by Gasteiger charge is 2.26. The number of ether oxygens (including phenoxy) is 1. The van der Waals surface area contributed by atoms with Crippen LogP contribution in [0.15, 0.2) is 36.4 Å². The van der Waals surface area contributed by atoms with Gasteiger partial charge in [-0.3, -0.25) is 10.1 Å². The molecule has 1 rings (SSSR count). The molecule has 0 N–H and O–H groups in total. The van der Waals surface area contributed by atoms with Gasteiger partial charge in [0.25, 0.3) is 5.69 Å². The van der Waals surface area contributed by atoms with E-state index >= 15 is 0 Å². The van der Waals surface area contributed by atoms with Gasteiger partial charge in [0.1, 0.15) is 0 Å². The maximum atomic E-state index is 11.7. The molecule has 0 aliphatic heterocycles. The van der Waals surface area contributed by atoms with Gasteiger partial charge in [0.05, 0.1) is 11.5 Å². The monoisotopic (exact) mass is 263 g/mol. The lowest BCUT2D eigenvalue weighted by Crippen LogP contribution is -2.14. The molecule has 0 amide bonds. The Kier molecular flexibility index (Phi) is 5.23. The average Bonchev–Trinajstić information content (AvgIpc) is 2.40. The molecule has 0 radical (unpaired) electrons. The second-order valence-electron chi connectivity index (χ2n) is 4.02. The van der Waals surface area contributed by atoms with Crippen molar-refractivity contribution in [2.45, 2.75) is 26.2 Å². The lowest BCUT2D eigenvalue weighted by atomic mass is 9.88. The highest BCUT2D eigenvalue weighted by Crippen LogP contribution is 2.33. The number of esters is 1. The van der Waals surface area contributed by atoms with Crippen molar-refractivity contribution in [3.63, 3.8) is 0 Å². The molecule has 1 aromatic carbocycles. The van der Waals surface area contributed by atoms with Crippen LogP contribution in [0.4, 0.5) is 5.69 Å². The third kappa shape index (κ3) is 3.40. The Hall–Kier alpha value is -2.17. The quantitative estimate of drug-likeness (QED) is 0.342. The lowest BCUT2D eigenvalue weighted by Gasteiger charge is -2.17. The fourth-order valence-electron chi connectivity index (χ4n) is 1.97. The number of carbonyl (C=O) groups is 1. The summed E-state index contributed by atoms with van der Waals surface area (Å²) >= 11 is 0. The van der Waals surface area contributed by atoms with Gasteiger partial charge in [-0.2, -0.15) is 0 Å². The smallest absolute Gasteiger partial charge is 0.334 e. The lowest BCUT2D eigenvalue weighted by molar-refractivity contribution is -0.385. The molecule has 5 heteroatoms. The van der Waals surface area contributed by atoms with Crippen LogP contribution in [0.2, 0.25) is 0 Å². The molecule has 0 aliphatic carbocycles. The van der Waals surface area contributed by atoms with E-state index in [1.165, 1.54) is 6.07 Å². The molecule has 5 nitrogen and oxygen atoms in total. The van der Waals surface area contributed by atoms with Crippen molar-refractivity contribution in [2.75, 3.05) is 6.61 Å². The Morgan fingerprint density at radius 1 is 1.42 bits per heavy atom.